The summed E-state index contributed by atoms with van der Waals surface area (Å²) >= 11 is 0. The van der Waals surface area contributed by atoms with E-state index in [2.05, 4.69) is 20.7 Å². The van der Waals surface area contributed by atoms with Gasteiger partial charge in [0.05, 0.1) is 12.2 Å². The molecule has 0 unspecified atom stereocenters. The van der Waals surface area contributed by atoms with E-state index in [1.807, 2.05) is 31.0 Å². The van der Waals surface area contributed by atoms with Gasteiger partial charge in [0.25, 0.3) is 0 Å². The molecule has 1 aromatic rings. The first-order valence-corrected chi connectivity index (χ1v) is 7.71. The van der Waals surface area contributed by atoms with Crippen molar-refractivity contribution in [2.75, 3.05) is 13.6 Å². The van der Waals surface area contributed by atoms with Crippen LogP contribution in [0.5, 0.6) is 0 Å². The van der Waals surface area contributed by atoms with Crippen LogP contribution in [0.3, 0.4) is 0 Å². The summed E-state index contributed by atoms with van der Waals surface area (Å²) in [6.45, 7) is 1.76. The Morgan fingerprint density at radius 2 is 2.15 bits per heavy atom. The zero-order chi connectivity index (χ0) is 14.2. The summed E-state index contributed by atoms with van der Waals surface area (Å²) in [5, 5.41) is 10.9. The molecule has 2 N–H and O–H groups in total. The zero-order valence-corrected chi connectivity index (χ0v) is 12.7. The Morgan fingerprint density at radius 1 is 1.35 bits per heavy atom. The molecule has 0 aromatic carbocycles. The number of aryl methyl sites for hydroxylation is 1. The normalized spacial score (nSPS) is 17.2. The van der Waals surface area contributed by atoms with Gasteiger partial charge in [0.2, 0.25) is 0 Å². The van der Waals surface area contributed by atoms with Crippen molar-refractivity contribution in [3.05, 3.63) is 18.0 Å². The number of rotatable bonds is 5. The molecule has 0 spiro atoms. The third kappa shape index (κ3) is 4.54. The quantitative estimate of drug-likeness (QED) is 0.640. The average Bonchev–Trinajstić information content (AvgIpc) is 2.89. The van der Waals surface area contributed by atoms with Gasteiger partial charge in [-0.3, -0.25) is 9.67 Å². The molecule has 1 fully saturated rings. The van der Waals surface area contributed by atoms with Crippen molar-refractivity contribution in [3.8, 4) is 0 Å². The highest BCUT2D eigenvalue weighted by Crippen LogP contribution is 2.25. The molecule has 5 nitrogen and oxygen atoms in total. The van der Waals surface area contributed by atoms with E-state index < -0.39 is 0 Å². The molecule has 1 aromatic heterocycles. The average molecular weight is 277 g/mol. The van der Waals surface area contributed by atoms with Crippen LogP contribution in [0.1, 0.15) is 44.2 Å². The van der Waals surface area contributed by atoms with Gasteiger partial charge in [0.15, 0.2) is 5.96 Å². The molecule has 0 aliphatic heterocycles. The van der Waals surface area contributed by atoms with Gasteiger partial charge in [0, 0.05) is 26.8 Å². The molecule has 20 heavy (non-hydrogen) atoms. The van der Waals surface area contributed by atoms with E-state index in [0.29, 0.717) is 0 Å². The molecule has 1 aliphatic carbocycles. The van der Waals surface area contributed by atoms with Crippen LogP contribution in [-0.4, -0.2) is 29.3 Å². The van der Waals surface area contributed by atoms with E-state index in [0.717, 1.165) is 30.7 Å². The highest BCUT2D eigenvalue weighted by molar-refractivity contribution is 5.79. The van der Waals surface area contributed by atoms with Gasteiger partial charge < -0.3 is 10.6 Å². The summed E-state index contributed by atoms with van der Waals surface area (Å²) in [6, 6.07) is 2.02. The van der Waals surface area contributed by atoms with Crippen LogP contribution in [-0.2, 0) is 13.6 Å². The molecule has 1 saturated carbocycles. The Morgan fingerprint density at radius 3 is 2.80 bits per heavy atom. The van der Waals surface area contributed by atoms with Gasteiger partial charge in [-0.2, -0.15) is 5.10 Å². The van der Waals surface area contributed by atoms with Gasteiger partial charge in [-0.1, -0.05) is 32.1 Å². The van der Waals surface area contributed by atoms with Crippen LogP contribution >= 0.6 is 0 Å². The maximum absolute atomic E-state index is 4.26. The summed E-state index contributed by atoms with van der Waals surface area (Å²) < 4.78 is 1.88. The van der Waals surface area contributed by atoms with E-state index in [-0.39, 0.29) is 0 Å². The van der Waals surface area contributed by atoms with Crippen molar-refractivity contribution in [1.82, 2.24) is 20.4 Å². The molecule has 112 valence electrons. The maximum Gasteiger partial charge on any atom is 0.191 e. The molecule has 0 bridgehead atoms. The molecular formula is C15H27N5. The Balaban J connectivity index is 1.66. The van der Waals surface area contributed by atoms with E-state index in [1.165, 1.54) is 38.5 Å². The second kappa shape index (κ2) is 7.92. The number of guanidine groups is 1. The number of nitrogens with zero attached hydrogens (tertiary/aromatic N) is 3. The summed E-state index contributed by atoms with van der Waals surface area (Å²) in [6.07, 6.45) is 10.1. The van der Waals surface area contributed by atoms with E-state index >= 15 is 0 Å². The van der Waals surface area contributed by atoms with Crippen LogP contribution in [0.2, 0.25) is 0 Å². The lowest BCUT2D eigenvalue weighted by molar-refractivity contribution is 0.339. The third-order valence-corrected chi connectivity index (χ3v) is 4.15. The maximum atomic E-state index is 4.26. The number of aromatic nitrogens is 2. The minimum absolute atomic E-state index is 0.750. The first-order chi connectivity index (χ1) is 9.79. The number of hydrogen-bond donors (Lipinski definition) is 2. The molecule has 0 radical (unpaired) electrons. The predicted octanol–water partition coefficient (Wildman–Crippen LogP) is 2.06. The van der Waals surface area contributed by atoms with E-state index in [1.54, 1.807) is 0 Å². The van der Waals surface area contributed by atoms with Crippen LogP contribution in [0.15, 0.2) is 17.3 Å². The third-order valence-electron chi connectivity index (χ3n) is 4.15. The van der Waals surface area contributed by atoms with Crippen molar-refractivity contribution < 1.29 is 0 Å². The first kappa shape index (κ1) is 14.9. The molecule has 0 amide bonds. The van der Waals surface area contributed by atoms with E-state index in [9.17, 15) is 0 Å². The Hall–Kier alpha value is -1.52. The highest BCUT2D eigenvalue weighted by atomic mass is 15.3. The van der Waals surface area contributed by atoms with Crippen molar-refractivity contribution in [1.29, 1.82) is 0 Å². The predicted molar refractivity (Wildman–Crippen MR) is 82.6 cm³/mol. The van der Waals surface area contributed by atoms with E-state index in [4.69, 9.17) is 0 Å². The van der Waals surface area contributed by atoms with Crippen molar-refractivity contribution in [2.45, 2.75) is 45.1 Å². The van der Waals surface area contributed by atoms with Crippen molar-refractivity contribution >= 4 is 5.96 Å². The van der Waals surface area contributed by atoms with Gasteiger partial charge in [0.1, 0.15) is 0 Å². The summed E-state index contributed by atoms with van der Waals surface area (Å²) in [7, 11) is 3.77. The lowest BCUT2D eigenvalue weighted by Gasteiger charge is -2.22. The second-order valence-electron chi connectivity index (χ2n) is 5.59. The molecule has 1 aliphatic rings. The number of nitrogens with one attached hydrogen (secondary N) is 2. The largest absolute Gasteiger partial charge is 0.356 e. The number of aliphatic imine (C=N–C) groups is 1. The minimum atomic E-state index is 0.750. The molecule has 5 heteroatoms. The fourth-order valence-corrected chi connectivity index (χ4v) is 2.84. The summed E-state index contributed by atoms with van der Waals surface area (Å²) in [5.41, 5.74) is 1.15. The molecular weight excluding hydrogens is 250 g/mol. The standard InChI is InChI=1S/C15H27N5/c1-16-15(18-12-14-9-11-19-20(14)2)17-10-8-13-6-4-3-5-7-13/h9,11,13H,3-8,10,12H2,1-2H3,(H2,16,17,18). The van der Waals surface area contributed by atoms with Gasteiger partial charge >= 0.3 is 0 Å². The fourth-order valence-electron chi connectivity index (χ4n) is 2.84. The molecule has 0 saturated heterocycles. The summed E-state index contributed by atoms with van der Waals surface area (Å²) in [5.74, 6) is 1.79. The number of hydrogen-bond acceptors (Lipinski definition) is 2. The van der Waals surface area contributed by atoms with Crippen molar-refractivity contribution in [3.63, 3.8) is 0 Å². The van der Waals surface area contributed by atoms with Gasteiger partial charge in [-0.05, 0) is 18.4 Å². The van der Waals surface area contributed by atoms with Gasteiger partial charge in [-0.25, -0.2) is 0 Å². The lowest BCUT2D eigenvalue weighted by atomic mass is 9.87. The van der Waals surface area contributed by atoms with Crippen molar-refractivity contribution in [2.24, 2.45) is 18.0 Å². The molecule has 0 atom stereocenters. The zero-order valence-electron chi connectivity index (χ0n) is 12.7. The Labute approximate surface area is 121 Å². The lowest BCUT2D eigenvalue weighted by Crippen LogP contribution is -2.38. The van der Waals surface area contributed by atoms with Crippen LogP contribution in [0.4, 0.5) is 0 Å². The molecule has 1 heterocycles. The van der Waals surface area contributed by atoms with Crippen LogP contribution in [0, 0.1) is 5.92 Å². The summed E-state index contributed by atoms with van der Waals surface area (Å²) in [4.78, 5) is 4.26. The SMILES string of the molecule is CN=C(NCCC1CCCCC1)NCc1ccnn1C. The van der Waals surface area contributed by atoms with Gasteiger partial charge in [-0.15, -0.1) is 0 Å². The fraction of sp³-hybridized carbons (Fsp3) is 0.733. The second-order valence-corrected chi connectivity index (χ2v) is 5.59. The molecule has 2 rings (SSSR count). The Kier molecular flexibility index (Phi) is 5.89. The van der Waals surface area contributed by atoms with Crippen LogP contribution < -0.4 is 10.6 Å². The topological polar surface area (TPSA) is 54.2 Å². The highest BCUT2D eigenvalue weighted by Gasteiger charge is 2.12. The smallest absolute Gasteiger partial charge is 0.191 e. The monoisotopic (exact) mass is 277 g/mol. The minimum Gasteiger partial charge on any atom is -0.356 e. The van der Waals surface area contributed by atoms with Crippen LogP contribution in [0.25, 0.3) is 0 Å². The Bertz CT molecular complexity index is 418. The first-order valence-electron chi connectivity index (χ1n) is 7.71.